The van der Waals surface area contributed by atoms with Crippen molar-refractivity contribution in [2.75, 3.05) is 37.7 Å². The number of aromatic amines is 1. The zero-order valence-corrected chi connectivity index (χ0v) is 15.0. The molecule has 134 valence electrons. The van der Waals surface area contributed by atoms with Crippen LogP contribution in [0.4, 0.5) is 5.82 Å². The molecule has 6 heteroatoms. The van der Waals surface area contributed by atoms with E-state index in [0.29, 0.717) is 6.04 Å². The molecule has 1 fully saturated rings. The number of benzene rings is 1. The lowest BCUT2D eigenvalue weighted by atomic mass is 10.0. The van der Waals surface area contributed by atoms with Crippen molar-refractivity contribution in [3.05, 3.63) is 47.8 Å². The highest BCUT2D eigenvalue weighted by molar-refractivity contribution is 5.79. The van der Waals surface area contributed by atoms with Crippen LogP contribution in [0.5, 0.6) is 5.75 Å². The summed E-state index contributed by atoms with van der Waals surface area (Å²) in [6.45, 7) is 7.15. The van der Waals surface area contributed by atoms with Crippen molar-refractivity contribution in [1.82, 2.24) is 20.1 Å². The minimum atomic E-state index is 0.399. The zero-order chi connectivity index (χ0) is 17.5. The minimum absolute atomic E-state index is 0.399. The molecule has 2 aliphatic heterocycles. The first kappa shape index (κ1) is 15.6. The van der Waals surface area contributed by atoms with Crippen LogP contribution in [0.25, 0.3) is 10.9 Å². The van der Waals surface area contributed by atoms with Crippen molar-refractivity contribution in [3.8, 4) is 5.75 Å². The van der Waals surface area contributed by atoms with Gasteiger partial charge in [0.05, 0.1) is 24.5 Å². The molecule has 0 spiro atoms. The number of hydrogen-bond acceptors (Lipinski definition) is 5. The van der Waals surface area contributed by atoms with Crippen molar-refractivity contribution in [2.24, 2.45) is 0 Å². The van der Waals surface area contributed by atoms with Crippen LogP contribution in [-0.4, -0.2) is 52.9 Å². The van der Waals surface area contributed by atoms with E-state index in [1.165, 1.54) is 11.1 Å². The van der Waals surface area contributed by atoms with Crippen LogP contribution < -0.4 is 9.64 Å². The third-order valence-electron chi connectivity index (χ3n) is 5.70. The number of nitrogens with zero attached hydrogens (tertiary/aromatic N) is 4. The molecule has 26 heavy (non-hydrogen) atoms. The second kappa shape index (κ2) is 6.29. The molecule has 1 saturated heterocycles. The number of H-pyrrole nitrogens is 1. The highest BCUT2D eigenvalue weighted by Crippen LogP contribution is 2.31. The predicted octanol–water partition coefficient (Wildman–Crippen LogP) is 2.78. The molecule has 1 atom stereocenters. The van der Waals surface area contributed by atoms with Crippen molar-refractivity contribution in [1.29, 1.82) is 0 Å². The topological polar surface area (TPSA) is 57.3 Å². The lowest BCUT2D eigenvalue weighted by Gasteiger charge is -2.38. The minimum Gasteiger partial charge on any atom is -0.493 e. The summed E-state index contributed by atoms with van der Waals surface area (Å²) in [5.41, 5.74) is 3.67. The van der Waals surface area contributed by atoms with Crippen LogP contribution >= 0.6 is 0 Å². The molecular formula is C20H23N5O. The number of piperazine rings is 1. The smallest absolute Gasteiger partial charge is 0.129 e. The molecule has 2 aliphatic rings. The maximum Gasteiger partial charge on any atom is 0.129 e. The number of anilines is 1. The van der Waals surface area contributed by atoms with E-state index >= 15 is 0 Å². The Morgan fingerprint density at radius 2 is 2.00 bits per heavy atom. The Morgan fingerprint density at radius 3 is 2.88 bits per heavy atom. The Morgan fingerprint density at radius 1 is 1.12 bits per heavy atom. The maximum absolute atomic E-state index is 5.74. The average Bonchev–Trinajstić information content (AvgIpc) is 3.35. The standard InChI is InChI=1S/C20H23N5O/c1-14(16-3-2-15-4-9-26-19(15)10-16)24-5-7-25(8-6-24)20-11-17-12-22-23-18(17)13-21-20/h2-3,10-14H,4-9H2,1H3,(H,22,23)/t14-/m0/s1. The van der Waals surface area contributed by atoms with Crippen LogP contribution in [0.3, 0.4) is 0 Å². The highest BCUT2D eigenvalue weighted by Gasteiger charge is 2.24. The van der Waals surface area contributed by atoms with Crippen LogP contribution in [0.2, 0.25) is 0 Å². The molecule has 2 aromatic heterocycles. The number of ether oxygens (including phenoxy) is 1. The molecule has 0 saturated carbocycles. The van der Waals surface area contributed by atoms with Gasteiger partial charge in [-0.25, -0.2) is 4.98 Å². The van der Waals surface area contributed by atoms with Crippen LogP contribution in [0.1, 0.15) is 24.1 Å². The van der Waals surface area contributed by atoms with Gasteiger partial charge in [-0.2, -0.15) is 5.10 Å². The first-order chi connectivity index (χ1) is 12.8. The number of pyridine rings is 1. The summed E-state index contributed by atoms with van der Waals surface area (Å²) >= 11 is 0. The summed E-state index contributed by atoms with van der Waals surface area (Å²) in [7, 11) is 0. The molecule has 0 amide bonds. The van der Waals surface area contributed by atoms with Gasteiger partial charge in [-0.15, -0.1) is 0 Å². The molecular weight excluding hydrogens is 326 g/mol. The highest BCUT2D eigenvalue weighted by atomic mass is 16.5. The van der Waals surface area contributed by atoms with Crippen molar-refractivity contribution in [3.63, 3.8) is 0 Å². The van der Waals surface area contributed by atoms with E-state index in [9.17, 15) is 0 Å². The van der Waals surface area contributed by atoms with Gasteiger partial charge in [-0.3, -0.25) is 10.00 Å². The molecule has 0 radical (unpaired) electrons. The van der Waals surface area contributed by atoms with E-state index in [1.807, 2.05) is 12.4 Å². The molecule has 5 rings (SSSR count). The molecule has 0 bridgehead atoms. The fourth-order valence-corrected chi connectivity index (χ4v) is 4.00. The van der Waals surface area contributed by atoms with E-state index in [4.69, 9.17) is 4.74 Å². The Kier molecular flexibility index (Phi) is 3.78. The first-order valence-electron chi connectivity index (χ1n) is 9.32. The van der Waals surface area contributed by atoms with E-state index < -0.39 is 0 Å². The van der Waals surface area contributed by atoms with Gasteiger partial charge in [-0.05, 0) is 30.2 Å². The van der Waals surface area contributed by atoms with Gasteiger partial charge < -0.3 is 9.64 Å². The fourth-order valence-electron chi connectivity index (χ4n) is 4.00. The van der Waals surface area contributed by atoms with Gasteiger partial charge in [0.25, 0.3) is 0 Å². The van der Waals surface area contributed by atoms with Gasteiger partial charge in [0.15, 0.2) is 0 Å². The largest absolute Gasteiger partial charge is 0.493 e. The van der Waals surface area contributed by atoms with Crippen molar-refractivity contribution in [2.45, 2.75) is 19.4 Å². The molecule has 3 aromatic rings. The second-order valence-corrected chi connectivity index (χ2v) is 7.16. The zero-order valence-electron chi connectivity index (χ0n) is 15.0. The summed E-state index contributed by atoms with van der Waals surface area (Å²) in [6, 6.07) is 9.24. The lowest BCUT2D eigenvalue weighted by molar-refractivity contribution is 0.198. The Labute approximate surface area is 152 Å². The molecule has 1 aromatic carbocycles. The van der Waals surface area contributed by atoms with E-state index in [0.717, 1.165) is 61.7 Å². The normalized spacial score (nSPS) is 18.7. The van der Waals surface area contributed by atoms with Gasteiger partial charge in [0, 0.05) is 44.0 Å². The summed E-state index contributed by atoms with van der Waals surface area (Å²) in [5.74, 6) is 2.11. The SMILES string of the molecule is C[C@@H](c1ccc2c(c1)OCC2)N1CCN(c2cc3cn[nH]c3cn2)CC1. The molecule has 6 nitrogen and oxygen atoms in total. The number of nitrogens with one attached hydrogen (secondary N) is 1. The van der Waals surface area contributed by atoms with Gasteiger partial charge in [-0.1, -0.05) is 12.1 Å². The van der Waals surface area contributed by atoms with Gasteiger partial charge >= 0.3 is 0 Å². The fraction of sp³-hybridized carbons (Fsp3) is 0.400. The van der Waals surface area contributed by atoms with E-state index in [-0.39, 0.29) is 0 Å². The van der Waals surface area contributed by atoms with E-state index in [2.05, 4.69) is 56.2 Å². The summed E-state index contributed by atoms with van der Waals surface area (Å²) in [4.78, 5) is 9.50. The Bertz CT molecular complexity index is 929. The monoisotopic (exact) mass is 349 g/mol. The maximum atomic E-state index is 5.74. The van der Waals surface area contributed by atoms with Crippen LogP contribution in [-0.2, 0) is 6.42 Å². The average molecular weight is 349 g/mol. The Balaban J connectivity index is 1.27. The van der Waals surface area contributed by atoms with Crippen molar-refractivity contribution >= 4 is 16.7 Å². The number of rotatable bonds is 3. The van der Waals surface area contributed by atoms with Crippen LogP contribution in [0.15, 0.2) is 36.7 Å². The quantitative estimate of drug-likeness (QED) is 0.788. The molecule has 1 N–H and O–H groups in total. The second-order valence-electron chi connectivity index (χ2n) is 7.16. The number of hydrogen-bond donors (Lipinski definition) is 1. The Hall–Kier alpha value is -2.60. The van der Waals surface area contributed by atoms with Gasteiger partial charge in [0.2, 0.25) is 0 Å². The third kappa shape index (κ3) is 2.70. The third-order valence-corrected chi connectivity index (χ3v) is 5.70. The van der Waals surface area contributed by atoms with Gasteiger partial charge in [0.1, 0.15) is 11.6 Å². The molecule has 0 unspecified atom stereocenters. The summed E-state index contributed by atoms with van der Waals surface area (Å²) < 4.78 is 5.74. The lowest BCUT2D eigenvalue weighted by Crippen LogP contribution is -2.47. The summed E-state index contributed by atoms with van der Waals surface area (Å²) in [5, 5.41) is 8.15. The molecule has 0 aliphatic carbocycles. The van der Waals surface area contributed by atoms with Crippen LogP contribution in [0, 0.1) is 0 Å². The van der Waals surface area contributed by atoms with Crippen molar-refractivity contribution < 1.29 is 4.74 Å². The predicted molar refractivity (Wildman–Crippen MR) is 102 cm³/mol. The molecule has 4 heterocycles. The summed E-state index contributed by atoms with van der Waals surface area (Å²) in [6.07, 6.45) is 4.77. The number of fused-ring (bicyclic) bond motifs is 2. The van der Waals surface area contributed by atoms with E-state index in [1.54, 1.807) is 0 Å². The number of aromatic nitrogens is 3. The first-order valence-corrected chi connectivity index (χ1v) is 9.32.